The van der Waals surface area contributed by atoms with Crippen LogP contribution in [0.25, 0.3) is 11.7 Å². The zero-order chi connectivity index (χ0) is 9.42. The van der Waals surface area contributed by atoms with Gasteiger partial charge in [-0.3, -0.25) is 0 Å². The van der Waals surface area contributed by atoms with Crippen molar-refractivity contribution in [2.45, 2.75) is 6.92 Å². The maximum atomic E-state index is 4.41. The largest absolute Gasteiger partial charge is 0.305 e. The summed E-state index contributed by atoms with van der Waals surface area (Å²) in [6.45, 7) is 5.78. The number of imidazole rings is 1. The van der Waals surface area contributed by atoms with Gasteiger partial charge in [-0.05, 0) is 47.2 Å². The van der Waals surface area contributed by atoms with Gasteiger partial charge in [-0.25, -0.2) is 4.98 Å². The van der Waals surface area contributed by atoms with Crippen molar-refractivity contribution in [3.63, 3.8) is 0 Å². The summed E-state index contributed by atoms with van der Waals surface area (Å²) in [5, 5.41) is 0. The smallest absolute Gasteiger partial charge is 0.150 e. The second-order valence-electron chi connectivity index (χ2n) is 2.97. The maximum absolute atomic E-state index is 4.41. The number of rotatable bonds is 1. The molecular weight excluding hydrogens is 275 g/mol. The van der Waals surface area contributed by atoms with Gasteiger partial charge in [0.25, 0.3) is 0 Å². The first-order chi connectivity index (χ1) is 6.20. The first kappa shape index (κ1) is 8.74. The maximum Gasteiger partial charge on any atom is 0.150 e. The molecule has 0 unspecified atom stereocenters. The van der Waals surface area contributed by atoms with Crippen LogP contribution < -0.4 is 0 Å². The van der Waals surface area contributed by atoms with Crippen LogP contribution in [-0.4, -0.2) is 9.38 Å². The summed E-state index contributed by atoms with van der Waals surface area (Å²) >= 11 is 2.30. The van der Waals surface area contributed by atoms with Crippen LogP contribution in [-0.2, 0) is 0 Å². The van der Waals surface area contributed by atoms with E-state index >= 15 is 0 Å². The summed E-state index contributed by atoms with van der Waals surface area (Å²) in [5.41, 5.74) is 3.16. The highest BCUT2D eigenvalue weighted by Gasteiger charge is 2.02. The molecule has 0 aliphatic rings. The predicted octanol–water partition coefficient (Wildman–Crippen LogP) is 2.89. The average Bonchev–Trinajstić information content (AvgIpc) is 2.47. The van der Waals surface area contributed by atoms with Crippen molar-refractivity contribution in [1.82, 2.24) is 9.38 Å². The Bertz CT molecular complexity index is 471. The molecule has 0 radical (unpaired) electrons. The van der Waals surface area contributed by atoms with Gasteiger partial charge in [-0.2, -0.15) is 0 Å². The Kier molecular flexibility index (Phi) is 2.11. The van der Waals surface area contributed by atoms with E-state index < -0.39 is 0 Å². The van der Waals surface area contributed by atoms with Crippen molar-refractivity contribution >= 4 is 34.3 Å². The quantitative estimate of drug-likeness (QED) is 0.736. The first-order valence-electron chi connectivity index (χ1n) is 3.98. The Morgan fingerprint density at radius 1 is 1.54 bits per heavy atom. The van der Waals surface area contributed by atoms with E-state index in [4.69, 9.17) is 0 Å². The van der Waals surface area contributed by atoms with Crippen molar-refractivity contribution in [2.24, 2.45) is 0 Å². The normalized spacial score (nSPS) is 10.6. The van der Waals surface area contributed by atoms with Gasteiger partial charge in [0.2, 0.25) is 0 Å². The second-order valence-corrected chi connectivity index (χ2v) is 4.13. The molecule has 0 amide bonds. The summed E-state index contributed by atoms with van der Waals surface area (Å²) < 4.78 is 3.21. The third-order valence-electron chi connectivity index (χ3n) is 1.87. The number of pyridine rings is 1. The molecule has 0 bridgehead atoms. The summed E-state index contributed by atoms with van der Waals surface area (Å²) in [6, 6.07) is 2.12. The van der Waals surface area contributed by atoms with E-state index in [1.165, 1.54) is 9.13 Å². The molecule has 0 fully saturated rings. The third-order valence-corrected chi connectivity index (χ3v) is 2.66. The Morgan fingerprint density at radius 3 is 3.00 bits per heavy atom. The van der Waals surface area contributed by atoms with Crippen LogP contribution in [0.3, 0.4) is 0 Å². The van der Waals surface area contributed by atoms with Gasteiger partial charge in [-0.1, -0.05) is 6.58 Å². The van der Waals surface area contributed by atoms with Crippen LogP contribution in [0.5, 0.6) is 0 Å². The highest BCUT2D eigenvalue weighted by atomic mass is 127. The van der Waals surface area contributed by atoms with E-state index in [1.807, 2.05) is 10.6 Å². The number of halogens is 1. The van der Waals surface area contributed by atoms with Crippen LogP contribution in [0.15, 0.2) is 25.0 Å². The van der Waals surface area contributed by atoms with Gasteiger partial charge < -0.3 is 4.40 Å². The number of hydrogen-bond acceptors (Lipinski definition) is 1. The van der Waals surface area contributed by atoms with E-state index in [2.05, 4.69) is 53.3 Å². The van der Waals surface area contributed by atoms with E-state index in [-0.39, 0.29) is 0 Å². The van der Waals surface area contributed by atoms with Gasteiger partial charge >= 0.3 is 0 Å². The summed E-state index contributed by atoms with van der Waals surface area (Å²) in [6.07, 6.45) is 5.81. The van der Waals surface area contributed by atoms with Crippen molar-refractivity contribution in [1.29, 1.82) is 0 Å². The highest BCUT2D eigenvalue weighted by molar-refractivity contribution is 14.1. The molecule has 0 saturated heterocycles. The van der Waals surface area contributed by atoms with Crippen molar-refractivity contribution in [3.8, 4) is 0 Å². The Balaban J connectivity index is 2.82. The van der Waals surface area contributed by atoms with E-state index in [9.17, 15) is 0 Å². The first-order valence-corrected chi connectivity index (χ1v) is 5.06. The number of aromatic nitrogens is 2. The highest BCUT2D eigenvalue weighted by Crippen LogP contribution is 2.15. The number of fused-ring (bicyclic) bond motifs is 1. The number of aryl methyl sites for hydroxylation is 1. The van der Waals surface area contributed by atoms with Crippen LogP contribution >= 0.6 is 22.6 Å². The standard InChI is InChI=1S/C10H9IN2/c1-3-8-6-13-5-7(2)4-9(11)10(13)12-8/h3-6H,1H2,2H3. The third kappa shape index (κ3) is 1.48. The van der Waals surface area contributed by atoms with Crippen LogP contribution in [0.1, 0.15) is 11.3 Å². The van der Waals surface area contributed by atoms with Crippen molar-refractivity contribution in [3.05, 3.63) is 39.9 Å². The second kappa shape index (κ2) is 3.14. The van der Waals surface area contributed by atoms with Gasteiger partial charge in [0.15, 0.2) is 5.65 Å². The molecule has 66 valence electrons. The fourth-order valence-corrected chi connectivity index (χ4v) is 2.20. The molecule has 2 rings (SSSR count). The molecule has 2 nitrogen and oxygen atoms in total. The summed E-state index contributed by atoms with van der Waals surface area (Å²) in [7, 11) is 0. The minimum atomic E-state index is 0.920. The lowest BCUT2D eigenvalue weighted by molar-refractivity contribution is 1.15. The minimum absolute atomic E-state index is 0.920. The van der Waals surface area contributed by atoms with E-state index in [0.717, 1.165) is 11.3 Å². The minimum Gasteiger partial charge on any atom is -0.305 e. The average molecular weight is 284 g/mol. The molecule has 13 heavy (non-hydrogen) atoms. The van der Waals surface area contributed by atoms with E-state index in [1.54, 1.807) is 6.08 Å². The predicted molar refractivity (Wildman–Crippen MR) is 62.7 cm³/mol. The van der Waals surface area contributed by atoms with Gasteiger partial charge in [0.1, 0.15) is 0 Å². The Morgan fingerprint density at radius 2 is 2.31 bits per heavy atom. The fourth-order valence-electron chi connectivity index (χ4n) is 1.31. The molecule has 0 aliphatic carbocycles. The lowest BCUT2D eigenvalue weighted by atomic mass is 10.3. The van der Waals surface area contributed by atoms with Gasteiger partial charge in [0, 0.05) is 12.4 Å². The molecule has 0 aromatic carbocycles. The van der Waals surface area contributed by atoms with Gasteiger partial charge in [0.05, 0.1) is 9.26 Å². The molecule has 2 aromatic rings. The molecule has 0 saturated carbocycles. The molecule has 0 atom stereocenters. The summed E-state index contributed by atoms with van der Waals surface area (Å²) in [5.74, 6) is 0. The molecule has 0 aliphatic heterocycles. The lowest BCUT2D eigenvalue weighted by Gasteiger charge is -1.97. The Hall–Kier alpha value is -0.840. The molecule has 2 heterocycles. The fraction of sp³-hybridized carbons (Fsp3) is 0.100. The molecule has 0 N–H and O–H groups in total. The van der Waals surface area contributed by atoms with Crippen LogP contribution in [0.4, 0.5) is 0 Å². The summed E-state index contributed by atoms with van der Waals surface area (Å²) in [4.78, 5) is 4.41. The molecule has 0 spiro atoms. The van der Waals surface area contributed by atoms with Crippen molar-refractivity contribution in [2.75, 3.05) is 0 Å². The van der Waals surface area contributed by atoms with Gasteiger partial charge in [-0.15, -0.1) is 0 Å². The monoisotopic (exact) mass is 284 g/mol. The van der Waals surface area contributed by atoms with Crippen LogP contribution in [0, 0.1) is 10.5 Å². The molecular formula is C10H9IN2. The van der Waals surface area contributed by atoms with E-state index in [0.29, 0.717) is 0 Å². The van der Waals surface area contributed by atoms with Crippen molar-refractivity contribution < 1.29 is 0 Å². The zero-order valence-corrected chi connectivity index (χ0v) is 9.45. The molecule has 3 heteroatoms. The lowest BCUT2D eigenvalue weighted by Crippen LogP contribution is -1.87. The Labute approximate surface area is 90.4 Å². The SMILES string of the molecule is C=Cc1cn2cc(C)cc(I)c2n1. The zero-order valence-electron chi connectivity index (χ0n) is 7.29. The van der Waals surface area contributed by atoms with Crippen LogP contribution in [0.2, 0.25) is 0 Å². The number of nitrogens with zero attached hydrogens (tertiary/aromatic N) is 2. The molecule has 2 aromatic heterocycles. The number of hydrogen-bond donors (Lipinski definition) is 0. The topological polar surface area (TPSA) is 17.3 Å².